The van der Waals surface area contributed by atoms with Crippen LogP contribution in [0.25, 0.3) is 11.1 Å². The van der Waals surface area contributed by atoms with Gasteiger partial charge in [0.25, 0.3) is 0 Å². The first-order chi connectivity index (χ1) is 13.6. The van der Waals surface area contributed by atoms with Crippen molar-refractivity contribution >= 4 is 12.1 Å². The molecule has 2 aromatic rings. The maximum Gasteiger partial charge on any atom is 0.408 e. The van der Waals surface area contributed by atoms with E-state index in [4.69, 9.17) is 14.2 Å². The molecular weight excluding hydrogens is 372 g/mol. The Hall–Kier alpha value is -3.09. The summed E-state index contributed by atoms with van der Waals surface area (Å²) in [6.45, 7) is 7.30. The molecule has 1 aromatic heterocycles. The molecule has 156 valence electrons. The highest BCUT2D eigenvalue weighted by Crippen LogP contribution is 2.34. The molecule has 0 aliphatic carbocycles. The number of carbonyl (C=O) groups is 2. The molecule has 0 aliphatic heterocycles. The van der Waals surface area contributed by atoms with Crippen LogP contribution in [0.5, 0.6) is 5.75 Å². The fraction of sp³-hybridized carbons (Fsp3) is 0.409. The number of ether oxygens (including phenoxy) is 3. The Morgan fingerprint density at radius 3 is 2.52 bits per heavy atom. The number of nitrogens with one attached hydrogen (secondary N) is 1. The average molecular weight is 400 g/mol. The number of pyridine rings is 1. The monoisotopic (exact) mass is 400 g/mol. The number of hydrogen-bond donors (Lipinski definition) is 1. The lowest BCUT2D eigenvalue weighted by atomic mass is 9.97. The average Bonchev–Trinajstić information content (AvgIpc) is 2.65. The molecule has 0 fully saturated rings. The van der Waals surface area contributed by atoms with Gasteiger partial charge in [-0.2, -0.15) is 0 Å². The van der Waals surface area contributed by atoms with Gasteiger partial charge in [0.05, 0.1) is 26.7 Å². The van der Waals surface area contributed by atoms with Gasteiger partial charge in [-0.3, -0.25) is 9.78 Å². The normalized spacial score (nSPS) is 12.1. The first-order valence-corrected chi connectivity index (χ1v) is 9.30. The number of esters is 1. The van der Waals surface area contributed by atoms with Gasteiger partial charge >= 0.3 is 12.1 Å². The molecule has 7 heteroatoms. The van der Waals surface area contributed by atoms with Crippen molar-refractivity contribution in [3.63, 3.8) is 0 Å². The van der Waals surface area contributed by atoms with Crippen molar-refractivity contribution in [2.45, 2.75) is 45.8 Å². The van der Waals surface area contributed by atoms with E-state index in [0.29, 0.717) is 11.3 Å². The van der Waals surface area contributed by atoms with Crippen LogP contribution in [0.4, 0.5) is 4.79 Å². The molecular formula is C22H28N2O5. The third-order valence-electron chi connectivity index (χ3n) is 4.19. The molecule has 0 spiro atoms. The number of aryl methyl sites for hydroxylation is 1. The second kappa shape index (κ2) is 9.41. The SMILES string of the molecule is COC(=O)CC(NC(=O)OC(C)(C)C)c1cncc(-c2c(C)cccc2OC)c1. The summed E-state index contributed by atoms with van der Waals surface area (Å²) in [5, 5.41) is 2.74. The zero-order valence-electron chi connectivity index (χ0n) is 17.7. The maximum absolute atomic E-state index is 12.3. The summed E-state index contributed by atoms with van der Waals surface area (Å²) in [4.78, 5) is 28.5. The zero-order valence-corrected chi connectivity index (χ0v) is 17.7. The maximum atomic E-state index is 12.3. The molecule has 1 amide bonds. The molecule has 0 saturated carbocycles. The third-order valence-corrected chi connectivity index (χ3v) is 4.19. The van der Waals surface area contributed by atoms with Crippen LogP contribution in [-0.4, -0.2) is 36.9 Å². The standard InChI is InChI=1S/C22H28N2O5/c1-14-8-7-9-18(27-5)20(14)16-10-15(12-23-13-16)17(11-19(25)28-6)24-21(26)29-22(2,3)4/h7-10,12-13,17H,11H2,1-6H3,(H,24,26). The highest BCUT2D eigenvalue weighted by molar-refractivity contribution is 5.76. The van der Waals surface area contributed by atoms with Gasteiger partial charge in [-0.1, -0.05) is 12.1 Å². The Bertz CT molecular complexity index is 874. The van der Waals surface area contributed by atoms with Crippen LogP contribution < -0.4 is 10.1 Å². The minimum Gasteiger partial charge on any atom is -0.496 e. The predicted octanol–water partition coefficient (Wildman–Crippen LogP) is 4.19. The van der Waals surface area contributed by atoms with E-state index in [1.165, 1.54) is 7.11 Å². The molecule has 0 radical (unpaired) electrons. The molecule has 1 N–H and O–H groups in total. The molecule has 1 unspecified atom stereocenters. The van der Waals surface area contributed by atoms with Crippen molar-refractivity contribution in [1.82, 2.24) is 10.3 Å². The molecule has 0 saturated heterocycles. The Morgan fingerprint density at radius 2 is 1.90 bits per heavy atom. The first-order valence-electron chi connectivity index (χ1n) is 9.30. The van der Waals surface area contributed by atoms with Crippen molar-refractivity contribution in [1.29, 1.82) is 0 Å². The summed E-state index contributed by atoms with van der Waals surface area (Å²) in [7, 11) is 2.92. The zero-order chi connectivity index (χ0) is 21.6. The lowest BCUT2D eigenvalue weighted by Crippen LogP contribution is -2.36. The van der Waals surface area contributed by atoms with Gasteiger partial charge < -0.3 is 19.5 Å². The fourth-order valence-corrected chi connectivity index (χ4v) is 2.92. The number of benzene rings is 1. The molecule has 2 rings (SSSR count). The van der Waals surface area contributed by atoms with Crippen LogP contribution in [0.2, 0.25) is 0 Å². The van der Waals surface area contributed by atoms with E-state index in [1.54, 1.807) is 40.3 Å². The Morgan fingerprint density at radius 1 is 1.17 bits per heavy atom. The topological polar surface area (TPSA) is 86.8 Å². The second-order valence-corrected chi connectivity index (χ2v) is 7.64. The smallest absolute Gasteiger partial charge is 0.408 e. The number of methoxy groups -OCH3 is 2. The first kappa shape index (κ1) is 22.2. The van der Waals surface area contributed by atoms with Gasteiger partial charge in [0.1, 0.15) is 11.4 Å². The summed E-state index contributed by atoms with van der Waals surface area (Å²) in [6.07, 6.45) is 2.66. The van der Waals surface area contributed by atoms with Crippen LogP contribution >= 0.6 is 0 Å². The van der Waals surface area contributed by atoms with Gasteiger partial charge in [-0.25, -0.2) is 4.79 Å². The molecule has 1 aromatic carbocycles. The number of carbonyl (C=O) groups excluding carboxylic acids is 2. The summed E-state index contributed by atoms with van der Waals surface area (Å²) >= 11 is 0. The molecule has 1 heterocycles. The number of aromatic nitrogens is 1. The van der Waals surface area contributed by atoms with E-state index in [9.17, 15) is 9.59 Å². The molecule has 1 atom stereocenters. The number of nitrogens with zero attached hydrogens (tertiary/aromatic N) is 1. The van der Waals surface area contributed by atoms with E-state index >= 15 is 0 Å². The van der Waals surface area contributed by atoms with Gasteiger partial charge in [0.2, 0.25) is 0 Å². The highest BCUT2D eigenvalue weighted by Gasteiger charge is 2.24. The summed E-state index contributed by atoms with van der Waals surface area (Å²) < 4.78 is 15.6. The number of amides is 1. The Kier molecular flexibility index (Phi) is 7.20. The van der Waals surface area contributed by atoms with Crippen molar-refractivity contribution in [2.24, 2.45) is 0 Å². The van der Waals surface area contributed by atoms with Crippen LogP contribution in [0, 0.1) is 6.92 Å². The molecule has 0 bridgehead atoms. The van der Waals surface area contributed by atoms with Crippen molar-refractivity contribution in [3.05, 3.63) is 47.8 Å². The Balaban J connectivity index is 2.41. The van der Waals surface area contributed by atoms with E-state index in [1.807, 2.05) is 31.2 Å². The van der Waals surface area contributed by atoms with Crippen LogP contribution in [-0.2, 0) is 14.3 Å². The van der Waals surface area contributed by atoms with Crippen molar-refractivity contribution < 1.29 is 23.8 Å². The molecule has 7 nitrogen and oxygen atoms in total. The van der Waals surface area contributed by atoms with Gasteiger partial charge in [-0.15, -0.1) is 0 Å². The largest absolute Gasteiger partial charge is 0.496 e. The quantitative estimate of drug-likeness (QED) is 0.732. The summed E-state index contributed by atoms with van der Waals surface area (Å²) in [5.41, 5.74) is 2.74. The van der Waals surface area contributed by atoms with E-state index in [0.717, 1.165) is 16.7 Å². The summed E-state index contributed by atoms with van der Waals surface area (Å²) in [6, 6.07) is 7.00. The number of rotatable bonds is 6. The van der Waals surface area contributed by atoms with E-state index in [-0.39, 0.29) is 6.42 Å². The van der Waals surface area contributed by atoms with Gasteiger partial charge in [0.15, 0.2) is 0 Å². The van der Waals surface area contributed by atoms with E-state index in [2.05, 4.69) is 10.3 Å². The van der Waals surface area contributed by atoms with Crippen molar-refractivity contribution in [3.8, 4) is 16.9 Å². The van der Waals surface area contributed by atoms with Crippen molar-refractivity contribution in [2.75, 3.05) is 14.2 Å². The lowest BCUT2D eigenvalue weighted by Gasteiger charge is -2.23. The minimum atomic E-state index is -0.658. The van der Waals surface area contributed by atoms with Crippen LogP contribution in [0.1, 0.15) is 44.4 Å². The fourth-order valence-electron chi connectivity index (χ4n) is 2.92. The van der Waals surface area contributed by atoms with Gasteiger partial charge in [-0.05, 0) is 51.0 Å². The molecule has 29 heavy (non-hydrogen) atoms. The van der Waals surface area contributed by atoms with Crippen LogP contribution in [0.3, 0.4) is 0 Å². The summed E-state index contributed by atoms with van der Waals surface area (Å²) in [5.74, 6) is 0.263. The van der Waals surface area contributed by atoms with Gasteiger partial charge in [0, 0.05) is 23.5 Å². The molecule has 0 aliphatic rings. The van der Waals surface area contributed by atoms with Crippen LogP contribution in [0.15, 0.2) is 36.7 Å². The predicted molar refractivity (Wildman–Crippen MR) is 110 cm³/mol. The number of alkyl carbamates (subject to hydrolysis) is 1. The van der Waals surface area contributed by atoms with E-state index < -0.39 is 23.7 Å². The minimum absolute atomic E-state index is 0.0498. The third kappa shape index (κ3) is 6.20. The second-order valence-electron chi connectivity index (χ2n) is 7.64. The lowest BCUT2D eigenvalue weighted by molar-refractivity contribution is -0.141. The highest BCUT2D eigenvalue weighted by atomic mass is 16.6. The number of hydrogen-bond acceptors (Lipinski definition) is 6. The Labute approximate surface area is 171 Å².